The molecule has 0 radical (unpaired) electrons. The summed E-state index contributed by atoms with van der Waals surface area (Å²) in [4.78, 5) is 15.2. The highest BCUT2D eigenvalue weighted by atomic mass is 16.1. The number of aromatic nitrogens is 1. The smallest absolute Gasteiger partial charge is 0.220 e. The Morgan fingerprint density at radius 1 is 1.00 bits per heavy atom. The van der Waals surface area contributed by atoms with Crippen LogP contribution in [0.4, 0.5) is 0 Å². The summed E-state index contributed by atoms with van der Waals surface area (Å²) < 4.78 is 0. The van der Waals surface area contributed by atoms with E-state index in [4.69, 9.17) is 0 Å². The maximum absolute atomic E-state index is 11.9. The van der Waals surface area contributed by atoms with Crippen molar-refractivity contribution < 1.29 is 4.79 Å². The van der Waals surface area contributed by atoms with Crippen molar-refractivity contribution in [1.29, 1.82) is 0 Å². The number of benzene rings is 2. The summed E-state index contributed by atoms with van der Waals surface area (Å²) in [7, 11) is 0. The quantitative estimate of drug-likeness (QED) is 0.713. The number of carbonyl (C=O) groups is 1. The van der Waals surface area contributed by atoms with Crippen LogP contribution in [0.2, 0.25) is 0 Å². The Bertz CT molecular complexity index is 746. The van der Waals surface area contributed by atoms with Crippen molar-refractivity contribution in [3.63, 3.8) is 0 Å². The van der Waals surface area contributed by atoms with E-state index >= 15 is 0 Å². The summed E-state index contributed by atoms with van der Waals surface area (Å²) >= 11 is 0. The summed E-state index contributed by atoms with van der Waals surface area (Å²) in [6, 6.07) is 18.3. The molecule has 0 aliphatic rings. The minimum absolute atomic E-state index is 0.115. The van der Waals surface area contributed by atoms with Crippen LogP contribution in [0.1, 0.15) is 24.0 Å². The molecule has 0 aliphatic carbocycles. The van der Waals surface area contributed by atoms with E-state index in [1.54, 1.807) is 0 Å². The molecule has 3 nitrogen and oxygen atoms in total. The highest BCUT2D eigenvalue weighted by molar-refractivity contribution is 5.83. The summed E-state index contributed by atoms with van der Waals surface area (Å²) in [5.74, 6) is 0.115. The Labute approximate surface area is 130 Å². The van der Waals surface area contributed by atoms with Crippen LogP contribution in [0, 0.1) is 0 Å². The fourth-order valence-electron chi connectivity index (χ4n) is 2.66. The summed E-state index contributed by atoms with van der Waals surface area (Å²) in [6.07, 6.45) is 4.39. The molecule has 0 saturated carbocycles. The van der Waals surface area contributed by atoms with Crippen LogP contribution in [-0.2, 0) is 17.8 Å². The van der Waals surface area contributed by atoms with Crippen molar-refractivity contribution in [2.45, 2.75) is 25.8 Å². The number of hydrogen-bond acceptors (Lipinski definition) is 1. The lowest BCUT2D eigenvalue weighted by Crippen LogP contribution is -2.22. The largest absolute Gasteiger partial charge is 0.361 e. The van der Waals surface area contributed by atoms with Gasteiger partial charge in [-0.15, -0.1) is 0 Å². The van der Waals surface area contributed by atoms with E-state index in [1.807, 2.05) is 48.7 Å². The molecule has 0 bridgehead atoms. The second-order valence-electron chi connectivity index (χ2n) is 5.48. The van der Waals surface area contributed by atoms with E-state index in [-0.39, 0.29) is 5.91 Å². The van der Waals surface area contributed by atoms with E-state index in [9.17, 15) is 4.79 Å². The molecule has 3 aromatic rings. The molecule has 3 rings (SSSR count). The molecule has 1 aromatic heterocycles. The fraction of sp³-hybridized carbons (Fsp3) is 0.211. The van der Waals surface area contributed by atoms with Crippen molar-refractivity contribution in [3.05, 3.63) is 71.9 Å². The van der Waals surface area contributed by atoms with Gasteiger partial charge >= 0.3 is 0 Å². The van der Waals surface area contributed by atoms with Crippen molar-refractivity contribution in [2.75, 3.05) is 0 Å². The summed E-state index contributed by atoms with van der Waals surface area (Å²) in [5.41, 5.74) is 3.57. The average molecular weight is 292 g/mol. The lowest BCUT2D eigenvalue weighted by molar-refractivity contribution is -0.121. The second kappa shape index (κ2) is 6.94. The highest BCUT2D eigenvalue weighted by Gasteiger charge is 2.05. The highest BCUT2D eigenvalue weighted by Crippen LogP contribution is 2.19. The lowest BCUT2D eigenvalue weighted by atomic mass is 10.1. The van der Waals surface area contributed by atoms with Crippen LogP contribution in [-0.4, -0.2) is 10.9 Å². The molecule has 2 N–H and O–H groups in total. The molecular weight excluding hydrogens is 272 g/mol. The zero-order valence-electron chi connectivity index (χ0n) is 12.5. The van der Waals surface area contributed by atoms with Gasteiger partial charge in [-0.2, -0.15) is 0 Å². The molecule has 0 atom stereocenters. The van der Waals surface area contributed by atoms with Crippen molar-refractivity contribution in [3.8, 4) is 0 Å². The number of fused-ring (bicyclic) bond motifs is 1. The number of aromatic amines is 1. The Morgan fingerprint density at radius 2 is 1.77 bits per heavy atom. The van der Waals surface area contributed by atoms with Crippen LogP contribution in [0.25, 0.3) is 10.9 Å². The van der Waals surface area contributed by atoms with Gasteiger partial charge in [0.2, 0.25) is 5.91 Å². The molecular formula is C19H20N2O. The van der Waals surface area contributed by atoms with Gasteiger partial charge in [-0.3, -0.25) is 4.79 Å². The minimum Gasteiger partial charge on any atom is -0.361 e. The van der Waals surface area contributed by atoms with Crippen molar-refractivity contribution in [1.82, 2.24) is 10.3 Å². The second-order valence-corrected chi connectivity index (χ2v) is 5.48. The number of carbonyl (C=O) groups excluding carboxylic acids is 1. The minimum atomic E-state index is 0.115. The zero-order valence-corrected chi connectivity index (χ0v) is 12.5. The molecule has 3 heteroatoms. The van der Waals surface area contributed by atoms with Gasteiger partial charge in [0.15, 0.2) is 0 Å². The first-order valence-electron chi connectivity index (χ1n) is 7.68. The first-order valence-corrected chi connectivity index (χ1v) is 7.68. The Morgan fingerprint density at radius 3 is 2.64 bits per heavy atom. The number of hydrogen-bond donors (Lipinski definition) is 2. The number of H-pyrrole nitrogens is 1. The molecule has 0 aliphatic heterocycles. The molecule has 1 amide bonds. The predicted octanol–water partition coefficient (Wildman–Crippen LogP) is 3.81. The molecule has 22 heavy (non-hydrogen) atoms. The molecule has 1 heterocycles. The van der Waals surface area contributed by atoms with E-state index in [1.165, 1.54) is 10.9 Å². The molecule has 0 spiro atoms. The Hall–Kier alpha value is -2.55. The molecule has 0 fully saturated rings. The third-order valence-electron chi connectivity index (χ3n) is 3.86. The number of aryl methyl sites for hydroxylation is 1. The first kappa shape index (κ1) is 14.4. The Balaban J connectivity index is 1.45. The van der Waals surface area contributed by atoms with Gasteiger partial charge in [0.1, 0.15) is 0 Å². The maximum Gasteiger partial charge on any atom is 0.220 e. The van der Waals surface area contributed by atoms with Gasteiger partial charge in [-0.25, -0.2) is 0 Å². The number of para-hydroxylation sites is 1. The predicted molar refractivity (Wildman–Crippen MR) is 89.5 cm³/mol. The van der Waals surface area contributed by atoms with E-state index in [2.05, 4.69) is 22.4 Å². The van der Waals surface area contributed by atoms with Crippen molar-refractivity contribution >= 4 is 16.8 Å². The van der Waals surface area contributed by atoms with Gasteiger partial charge in [0, 0.05) is 30.1 Å². The van der Waals surface area contributed by atoms with E-state index < -0.39 is 0 Å². The van der Waals surface area contributed by atoms with Crippen molar-refractivity contribution in [2.24, 2.45) is 0 Å². The van der Waals surface area contributed by atoms with Crippen LogP contribution in [0.15, 0.2) is 60.8 Å². The van der Waals surface area contributed by atoms with Gasteiger partial charge in [-0.05, 0) is 30.0 Å². The topological polar surface area (TPSA) is 44.9 Å². The number of rotatable bonds is 6. The van der Waals surface area contributed by atoms with Gasteiger partial charge in [0.05, 0.1) is 0 Å². The van der Waals surface area contributed by atoms with Gasteiger partial charge < -0.3 is 10.3 Å². The van der Waals surface area contributed by atoms with Crippen LogP contribution < -0.4 is 5.32 Å². The van der Waals surface area contributed by atoms with Gasteiger partial charge in [-0.1, -0.05) is 48.5 Å². The van der Waals surface area contributed by atoms with Crippen LogP contribution in [0.3, 0.4) is 0 Å². The van der Waals surface area contributed by atoms with Crippen LogP contribution in [0.5, 0.6) is 0 Å². The monoisotopic (exact) mass is 292 g/mol. The van der Waals surface area contributed by atoms with E-state index in [0.29, 0.717) is 13.0 Å². The molecule has 112 valence electrons. The van der Waals surface area contributed by atoms with Gasteiger partial charge in [0.25, 0.3) is 0 Å². The summed E-state index contributed by atoms with van der Waals surface area (Å²) in [6.45, 7) is 0.604. The van der Waals surface area contributed by atoms with E-state index in [0.717, 1.165) is 23.9 Å². The number of nitrogens with one attached hydrogen (secondary N) is 2. The number of amides is 1. The zero-order chi connectivity index (χ0) is 15.2. The lowest BCUT2D eigenvalue weighted by Gasteiger charge is -2.05. The molecule has 0 unspecified atom stereocenters. The fourth-order valence-corrected chi connectivity index (χ4v) is 2.66. The third-order valence-corrected chi connectivity index (χ3v) is 3.86. The SMILES string of the molecule is O=C(CCCc1c[nH]c2ccccc12)NCc1ccccc1. The first-order chi connectivity index (χ1) is 10.8. The third kappa shape index (κ3) is 3.55. The normalized spacial score (nSPS) is 10.7. The molecule has 2 aromatic carbocycles. The summed E-state index contributed by atoms with van der Waals surface area (Å²) in [5, 5.41) is 4.23. The molecule has 0 saturated heterocycles. The Kier molecular flexibility index (Phi) is 4.54. The standard InChI is InChI=1S/C19H20N2O/c22-19(21-13-15-7-2-1-3-8-15)12-6-9-16-14-20-18-11-5-4-10-17(16)18/h1-5,7-8,10-11,14,20H,6,9,12-13H2,(H,21,22). The van der Waals surface area contributed by atoms with Crippen LogP contribution >= 0.6 is 0 Å². The maximum atomic E-state index is 11.9. The average Bonchev–Trinajstić information content (AvgIpc) is 2.97.